The van der Waals surface area contributed by atoms with Crippen LogP contribution >= 0.6 is 11.6 Å². The van der Waals surface area contributed by atoms with Crippen molar-refractivity contribution in [2.75, 3.05) is 6.54 Å². The van der Waals surface area contributed by atoms with Crippen molar-refractivity contribution < 1.29 is 13.2 Å². The number of hydrogen-bond acceptors (Lipinski definition) is 3. The summed E-state index contributed by atoms with van der Waals surface area (Å²) in [4.78, 5) is 13.1. The maximum Gasteiger partial charge on any atom is 0.243 e. The second-order valence-electron chi connectivity index (χ2n) is 7.75. The van der Waals surface area contributed by atoms with Gasteiger partial charge in [-0.3, -0.25) is 4.79 Å². The van der Waals surface area contributed by atoms with Gasteiger partial charge in [0.25, 0.3) is 0 Å². The molecule has 1 heterocycles. The molecule has 2 aromatic rings. The lowest BCUT2D eigenvalue weighted by Gasteiger charge is -2.26. The second-order valence-corrected chi connectivity index (χ2v) is 10.1. The Morgan fingerprint density at radius 2 is 1.72 bits per heavy atom. The first kappa shape index (κ1) is 21.8. The first-order chi connectivity index (χ1) is 13.6. The molecular formula is C22H27ClN2O3S. The fourth-order valence-corrected chi connectivity index (χ4v) is 5.65. The molecule has 0 aromatic heterocycles. The molecule has 1 N–H and O–H groups in total. The summed E-state index contributed by atoms with van der Waals surface area (Å²) < 4.78 is 27.4. The first-order valence-electron chi connectivity index (χ1n) is 9.77. The van der Waals surface area contributed by atoms with Crippen molar-refractivity contribution in [1.29, 1.82) is 0 Å². The highest BCUT2D eigenvalue weighted by atomic mass is 35.5. The number of nitrogens with one attached hydrogen (secondary N) is 1. The summed E-state index contributed by atoms with van der Waals surface area (Å²) in [6, 6.07) is 9.34. The van der Waals surface area contributed by atoms with E-state index in [4.69, 9.17) is 11.6 Å². The van der Waals surface area contributed by atoms with Crippen LogP contribution in [0.25, 0.3) is 0 Å². The van der Waals surface area contributed by atoms with Crippen LogP contribution in [0, 0.1) is 20.8 Å². The van der Waals surface area contributed by atoms with Crippen LogP contribution in [0.2, 0.25) is 5.02 Å². The second kappa shape index (κ2) is 8.46. The molecule has 3 rings (SSSR count). The third kappa shape index (κ3) is 4.49. The third-order valence-electron chi connectivity index (χ3n) is 5.63. The number of sulfonamides is 1. The lowest BCUT2D eigenvalue weighted by molar-refractivity contribution is -0.124. The predicted molar refractivity (Wildman–Crippen MR) is 116 cm³/mol. The van der Waals surface area contributed by atoms with Crippen LogP contribution in [0.15, 0.2) is 41.3 Å². The Morgan fingerprint density at radius 1 is 1.10 bits per heavy atom. The van der Waals surface area contributed by atoms with Crippen LogP contribution < -0.4 is 5.32 Å². The molecule has 0 saturated carbocycles. The molecule has 0 radical (unpaired) electrons. The molecule has 2 aromatic carbocycles. The van der Waals surface area contributed by atoms with Crippen LogP contribution in [0.1, 0.15) is 48.1 Å². The zero-order chi connectivity index (χ0) is 21.3. The minimum absolute atomic E-state index is 0.152. The van der Waals surface area contributed by atoms with Gasteiger partial charge >= 0.3 is 0 Å². The normalized spacial score (nSPS) is 18.6. The van der Waals surface area contributed by atoms with Crippen LogP contribution in [0.5, 0.6) is 0 Å². The van der Waals surface area contributed by atoms with E-state index in [0.29, 0.717) is 24.4 Å². The highest BCUT2D eigenvalue weighted by Crippen LogP contribution is 2.28. The highest BCUT2D eigenvalue weighted by Gasteiger charge is 2.39. The molecular weight excluding hydrogens is 408 g/mol. The van der Waals surface area contributed by atoms with E-state index >= 15 is 0 Å². The number of carbonyl (C=O) groups excluding carboxylic acids is 1. The summed E-state index contributed by atoms with van der Waals surface area (Å²) in [6.07, 6.45) is 1.17. The van der Waals surface area contributed by atoms with Crippen LogP contribution in [-0.4, -0.2) is 31.2 Å². The van der Waals surface area contributed by atoms with Gasteiger partial charge < -0.3 is 5.32 Å². The summed E-state index contributed by atoms with van der Waals surface area (Å²) in [5.41, 5.74) is 4.53. The predicted octanol–water partition coefficient (Wildman–Crippen LogP) is 4.30. The van der Waals surface area contributed by atoms with E-state index in [9.17, 15) is 13.2 Å². The van der Waals surface area contributed by atoms with Gasteiger partial charge in [0.2, 0.25) is 15.9 Å². The van der Waals surface area contributed by atoms with Crippen LogP contribution in [-0.2, 0) is 14.8 Å². The summed E-state index contributed by atoms with van der Waals surface area (Å²) in [6.45, 7) is 8.40. The van der Waals surface area contributed by atoms with E-state index < -0.39 is 16.1 Å². The largest absolute Gasteiger partial charge is 0.348 e. The fraction of sp³-hybridized carbons (Fsp3) is 0.409. The Morgan fingerprint density at radius 3 is 2.38 bits per heavy atom. The van der Waals surface area contributed by atoms with Crippen molar-refractivity contribution in [3.8, 4) is 0 Å². The van der Waals surface area contributed by atoms with Crippen molar-refractivity contribution in [3.63, 3.8) is 0 Å². The average molecular weight is 435 g/mol. The molecule has 5 nitrogen and oxygen atoms in total. The first-order valence-corrected chi connectivity index (χ1v) is 11.6. The number of amides is 1. The molecule has 1 fully saturated rings. The number of nitrogens with zero attached hydrogens (tertiary/aromatic N) is 1. The van der Waals surface area contributed by atoms with E-state index in [2.05, 4.69) is 24.4 Å². The zero-order valence-electron chi connectivity index (χ0n) is 17.2. The van der Waals surface area contributed by atoms with Crippen molar-refractivity contribution in [2.45, 2.75) is 57.5 Å². The van der Waals surface area contributed by atoms with Crippen molar-refractivity contribution in [2.24, 2.45) is 0 Å². The third-order valence-corrected chi connectivity index (χ3v) is 7.81. The van der Waals surface area contributed by atoms with Gasteiger partial charge in [0.1, 0.15) is 6.04 Å². The monoisotopic (exact) mass is 434 g/mol. The molecule has 0 bridgehead atoms. The van der Waals surface area contributed by atoms with Gasteiger partial charge in [-0.1, -0.05) is 23.7 Å². The Bertz CT molecular complexity index is 1020. The lowest BCUT2D eigenvalue weighted by atomic mass is 9.96. The van der Waals surface area contributed by atoms with Crippen molar-refractivity contribution in [3.05, 3.63) is 63.7 Å². The molecule has 29 heavy (non-hydrogen) atoms. The van der Waals surface area contributed by atoms with E-state index in [1.165, 1.54) is 27.6 Å². The molecule has 7 heteroatoms. The number of hydrogen-bond donors (Lipinski definition) is 1. The van der Waals surface area contributed by atoms with Gasteiger partial charge in [-0.05, 0) is 87.1 Å². The molecule has 0 unspecified atom stereocenters. The molecule has 1 amide bonds. The summed E-state index contributed by atoms with van der Waals surface area (Å²) in [5.74, 6) is -0.259. The van der Waals surface area contributed by atoms with E-state index in [-0.39, 0.29) is 16.8 Å². The summed E-state index contributed by atoms with van der Waals surface area (Å²) >= 11 is 5.88. The topological polar surface area (TPSA) is 66.5 Å². The molecule has 2 atom stereocenters. The van der Waals surface area contributed by atoms with Crippen molar-refractivity contribution in [1.82, 2.24) is 9.62 Å². The fourth-order valence-electron chi connectivity index (χ4n) is 3.87. The van der Waals surface area contributed by atoms with E-state index in [1.54, 1.807) is 12.1 Å². The number of carbonyl (C=O) groups is 1. The Balaban J connectivity index is 1.80. The smallest absolute Gasteiger partial charge is 0.243 e. The van der Waals surface area contributed by atoms with Gasteiger partial charge in [0.15, 0.2) is 0 Å². The number of benzene rings is 2. The van der Waals surface area contributed by atoms with Gasteiger partial charge in [-0.15, -0.1) is 0 Å². The molecule has 0 aliphatic carbocycles. The standard InChI is InChI=1S/C22H27ClN2O3S/c1-14-12-16(3)20(13-15(14)2)17(4)24-22(26)21-6-5-11-25(21)29(27,28)19-9-7-18(23)8-10-19/h7-10,12-13,17,21H,5-6,11H2,1-4H3,(H,24,26)/t17-,21-/m0/s1. The van der Waals surface area contributed by atoms with Crippen molar-refractivity contribution >= 4 is 27.5 Å². The lowest BCUT2D eigenvalue weighted by Crippen LogP contribution is -2.46. The maximum absolute atomic E-state index is 13.1. The maximum atomic E-state index is 13.1. The van der Waals surface area contributed by atoms with Gasteiger partial charge in [-0.2, -0.15) is 4.31 Å². The van der Waals surface area contributed by atoms with Crippen LogP contribution in [0.3, 0.4) is 0 Å². The number of aryl methyl sites for hydroxylation is 3. The minimum atomic E-state index is -3.76. The molecule has 1 aliphatic heterocycles. The zero-order valence-corrected chi connectivity index (χ0v) is 18.8. The summed E-state index contributed by atoms with van der Waals surface area (Å²) in [5, 5.41) is 3.49. The number of halogens is 1. The van der Waals surface area contributed by atoms with Gasteiger partial charge in [-0.25, -0.2) is 8.42 Å². The molecule has 1 aliphatic rings. The molecule has 0 spiro atoms. The number of rotatable bonds is 5. The average Bonchev–Trinajstić information content (AvgIpc) is 3.16. The SMILES string of the molecule is Cc1cc(C)c([C@H](C)NC(=O)[C@@H]2CCCN2S(=O)(=O)c2ccc(Cl)cc2)cc1C. The Kier molecular flexibility index (Phi) is 6.36. The Labute approximate surface area is 178 Å². The van der Waals surface area contributed by atoms with E-state index in [0.717, 1.165) is 11.1 Å². The highest BCUT2D eigenvalue weighted by molar-refractivity contribution is 7.89. The van der Waals surface area contributed by atoms with Crippen LogP contribution in [0.4, 0.5) is 0 Å². The van der Waals surface area contributed by atoms with Gasteiger partial charge in [0.05, 0.1) is 10.9 Å². The quantitative estimate of drug-likeness (QED) is 0.763. The van der Waals surface area contributed by atoms with Gasteiger partial charge in [0, 0.05) is 11.6 Å². The molecule has 156 valence electrons. The molecule has 1 saturated heterocycles. The summed E-state index contributed by atoms with van der Waals surface area (Å²) in [7, 11) is -3.76. The van der Waals surface area contributed by atoms with E-state index in [1.807, 2.05) is 20.8 Å². The minimum Gasteiger partial charge on any atom is -0.348 e. The Hall–Kier alpha value is -1.89.